The Hall–Kier alpha value is -4.01. The maximum atomic E-state index is 13.1. The normalized spacial score (nSPS) is 17.6. The smallest absolute Gasteiger partial charge is 0.349 e. The molecule has 8 nitrogen and oxygen atoms in total. The van der Waals surface area contributed by atoms with Gasteiger partial charge in [-0.15, -0.1) is 0 Å². The monoisotopic (exact) mass is 449 g/mol. The van der Waals surface area contributed by atoms with Gasteiger partial charge in [-0.3, -0.25) is 14.5 Å². The number of hydrogen-bond donors (Lipinski definition) is 1. The van der Waals surface area contributed by atoms with Gasteiger partial charge in [0.15, 0.2) is 0 Å². The van der Waals surface area contributed by atoms with Crippen LogP contribution in [0.5, 0.6) is 0 Å². The average molecular weight is 449 g/mol. The van der Waals surface area contributed by atoms with Crippen molar-refractivity contribution in [3.05, 3.63) is 82.0 Å². The minimum atomic E-state index is -1.10. The number of hydrogen-bond acceptors (Lipinski definition) is 5. The minimum Gasteiger partial charge on any atom is -0.422 e. The van der Waals surface area contributed by atoms with Crippen molar-refractivity contribution >= 4 is 28.8 Å². The first kappa shape index (κ1) is 20.9. The maximum Gasteiger partial charge on any atom is 0.349 e. The molecule has 3 heterocycles. The second-order valence-corrected chi connectivity index (χ2v) is 8.31. The second-order valence-electron chi connectivity index (χ2n) is 8.31. The lowest BCUT2D eigenvalue weighted by atomic mass is 9.87. The van der Waals surface area contributed by atoms with Gasteiger partial charge in [0.25, 0.3) is 11.8 Å². The lowest BCUT2D eigenvalue weighted by molar-refractivity contribution is -0.133. The topological polar surface area (TPSA) is 99.9 Å². The molecule has 2 aromatic carbocycles. The van der Waals surface area contributed by atoms with Crippen LogP contribution in [-0.2, 0) is 11.3 Å². The van der Waals surface area contributed by atoms with E-state index in [0.717, 1.165) is 4.90 Å². The number of urea groups is 1. The fraction of sp³-hybridized carbons (Fsp3) is 0.250. The molecule has 2 saturated heterocycles. The summed E-state index contributed by atoms with van der Waals surface area (Å²) in [5.74, 6) is -1.23. The highest BCUT2D eigenvalue weighted by atomic mass is 19.1. The maximum absolute atomic E-state index is 13.1. The molecule has 1 aromatic heterocycles. The van der Waals surface area contributed by atoms with Crippen LogP contribution in [0.4, 0.5) is 9.18 Å². The molecule has 0 aliphatic carbocycles. The van der Waals surface area contributed by atoms with E-state index in [1.54, 1.807) is 24.3 Å². The van der Waals surface area contributed by atoms with E-state index >= 15 is 0 Å². The molecule has 0 unspecified atom stereocenters. The summed E-state index contributed by atoms with van der Waals surface area (Å²) in [6.07, 6.45) is 0.449. The Bertz CT molecular complexity index is 1330. The second kappa shape index (κ2) is 7.84. The van der Waals surface area contributed by atoms with E-state index in [4.69, 9.17) is 4.42 Å². The Kier molecular flexibility index (Phi) is 4.96. The molecule has 0 bridgehead atoms. The Morgan fingerprint density at radius 1 is 1.03 bits per heavy atom. The van der Waals surface area contributed by atoms with Crippen LogP contribution in [0.25, 0.3) is 11.0 Å². The molecule has 9 heteroatoms. The molecule has 0 saturated carbocycles. The molecule has 2 aliphatic rings. The lowest BCUT2D eigenvalue weighted by Crippen LogP contribution is -2.56. The first-order valence-corrected chi connectivity index (χ1v) is 10.6. The Labute approximate surface area is 187 Å². The average Bonchev–Trinajstić information content (AvgIpc) is 3.04. The van der Waals surface area contributed by atoms with Gasteiger partial charge in [-0.1, -0.05) is 30.3 Å². The number of imide groups is 1. The van der Waals surface area contributed by atoms with Crippen LogP contribution < -0.4 is 10.9 Å². The van der Waals surface area contributed by atoms with Crippen LogP contribution in [-0.4, -0.2) is 46.3 Å². The number of likely N-dealkylation sites (tertiary alicyclic amines) is 1. The fourth-order valence-corrected chi connectivity index (χ4v) is 4.40. The predicted molar refractivity (Wildman–Crippen MR) is 116 cm³/mol. The van der Waals surface area contributed by atoms with E-state index < -0.39 is 28.9 Å². The third kappa shape index (κ3) is 3.65. The highest BCUT2D eigenvalue weighted by molar-refractivity contribution is 6.07. The number of carbonyl (C=O) groups excluding carboxylic acids is 3. The number of para-hydroxylation sites is 1. The molecular weight excluding hydrogens is 429 g/mol. The highest BCUT2D eigenvalue weighted by Crippen LogP contribution is 2.31. The molecule has 5 rings (SSSR count). The van der Waals surface area contributed by atoms with E-state index in [-0.39, 0.29) is 43.9 Å². The van der Waals surface area contributed by atoms with Crippen LogP contribution in [0.3, 0.4) is 0 Å². The number of benzene rings is 2. The van der Waals surface area contributed by atoms with Gasteiger partial charge in [-0.2, -0.15) is 0 Å². The molecule has 1 N–H and O–H groups in total. The van der Waals surface area contributed by atoms with Crippen LogP contribution in [0.15, 0.2) is 63.8 Å². The fourth-order valence-electron chi connectivity index (χ4n) is 4.40. The van der Waals surface area contributed by atoms with Crippen molar-refractivity contribution < 1.29 is 23.2 Å². The largest absolute Gasteiger partial charge is 0.422 e. The number of fused-ring (bicyclic) bond motifs is 1. The summed E-state index contributed by atoms with van der Waals surface area (Å²) in [6, 6.07) is 13.5. The number of amides is 4. The van der Waals surface area contributed by atoms with Gasteiger partial charge in [0, 0.05) is 18.5 Å². The molecule has 2 fully saturated rings. The molecule has 33 heavy (non-hydrogen) atoms. The van der Waals surface area contributed by atoms with Crippen molar-refractivity contribution in [2.45, 2.75) is 24.9 Å². The zero-order chi connectivity index (χ0) is 23.2. The number of piperidine rings is 1. The highest BCUT2D eigenvalue weighted by Gasteiger charge is 2.52. The summed E-state index contributed by atoms with van der Waals surface area (Å²) in [5, 5.41) is 3.42. The minimum absolute atomic E-state index is 0.0352. The van der Waals surface area contributed by atoms with Gasteiger partial charge in [-0.25, -0.2) is 14.0 Å². The van der Waals surface area contributed by atoms with Gasteiger partial charge in [-0.05, 0) is 42.7 Å². The molecule has 1 spiro atoms. The van der Waals surface area contributed by atoms with E-state index in [0.29, 0.717) is 16.5 Å². The Morgan fingerprint density at radius 3 is 2.45 bits per heavy atom. The molecule has 0 atom stereocenters. The van der Waals surface area contributed by atoms with Crippen molar-refractivity contribution in [1.29, 1.82) is 0 Å². The summed E-state index contributed by atoms with van der Waals surface area (Å²) in [4.78, 5) is 53.6. The summed E-state index contributed by atoms with van der Waals surface area (Å²) >= 11 is 0. The zero-order valence-electron chi connectivity index (χ0n) is 17.5. The predicted octanol–water partition coefficient (Wildman–Crippen LogP) is 2.66. The zero-order valence-corrected chi connectivity index (χ0v) is 17.5. The summed E-state index contributed by atoms with van der Waals surface area (Å²) in [7, 11) is 0. The van der Waals surface area contributed by atoms with Crippen LogP contribution >= 0.6 is 0 Å². The third-order valence-corrected chi connectivity index (χ3v) is 6.28. The lowest BCUT2D eigenvalue weighted by Gasteiger charge is -2.37. The van der Waals surface area contributed by atoms with Crippen LogP contribution in [0.2, 0.25) is 0 Å². The third-order valence-electron chi connectivity index (χ3n) is 6.28. The molecule has 4 amide bonds. The van der Waals surface area contributed by atoms with Crippen LogP contribution in [0.1, 0.15) is 28.8 Å². The number of nitrogens with one attached hydrogen (secondary N) is 1. The van der Waals surface area contributed by atoms with Gasteiger partial charge >= 0.3 is 11.7 Å². The number of nitrogens with zero attached hydrogens (tertiary/aromatic N) is 2. The summed E-state index contributed by atoms with van der Waals surface area (Å²) in [6.45, 7) is 0.427. The number of halogens is 1. The SMILES string of the molecule is O=C(c1cc2ccccc2oc1=O)N1CCC2(CC1)NC(=O)N(Cc1ccc(F)cc1)C2=O. The first-order valence-electron chi connectivity index (χ1n) is 10.6. The van der Waals surface area contributed by atoms with E-state index in [9.17, 15) is 23.6 Å². The summed E-state index contributed by atoms with van der Waals surface area (Å²) < 4.78 is 18.4. The molecular formula is C24H20FN3O5. The standard InChI is InChI=1S/C24H20FN3O5/c25-17-7-5-15(6-8-17)14-28-22(31)24(26-23(28)32)9-11-27(12-10-24)20(29)18-13-16-3-1-2-4-19(16)33-21(18)30/h1-8,13H,9-12,14H2,(H,26,32). The van der Waals surface area contributed by atoms with Crippen molar-refractivity contribution in [3.63, 3.8) is 0 Å². The summed E-state index contributed by atoms with van der Waals surface area (Å²) in [5.41, 5.74) is -0.842. The van der Waals surface area contributed by atoms with E-state index in [1.165, 1.54) is 35.2 Å². The quantitative estimate of drug-likeness (QED) is 0.490. The number of carbonyl (C=O) groups is 3. The number of rotatable bonds is 3. The van der Waals surface area contributed by atoms with Gasteiger partial charge < -0.3 is 14.6 Å². The molecule has 0 radical (unpaired) electrons. The molecule has 168 valence electrons. The van der Waals surface area contributed by atoms with Crippen molar-refractivity contribution in [2.24, 2.45) is 0 Å². The van der Waals surface area contributed by atoms with E-state index in [2.05, 4.69) is 5.32 Å². The van der Waals surface area contributed by atoms with Gasteiger partial charge in [0.2, 0.25) is 0 Å². The van der Waals surface area contributed by atoms with Crippen molar-refractivity contribution in [3.8, 4) is 0 Å². The van der Waals surface area contributed by atoms with Crippen molar-refractivity contribution in [1.82, 2.24) is 15.1 Å². The van der Waals surface area contributed by atoms with Gasteiger partial charge in [0.05, 0.1) is 6.54 Å². The molecule has 2 aliphatic heterocycles. The van der Waals surface area contributed by atoms with E-state index in [1.807, 2.05) is 0 Å². The Balaban J connectivity index is 1.30. The first-order chi connectivity index (χ1) is 15.9. The molecule has 3 aromatic rings. The van der Waals surface area contributed by atoms with Crippen molar-refractivity contribution in [2.75, 3.05) is 13.1 Å². The van der Waals surface area contributed by atoms with Gasteiger partial charge in [0.1, 0.15) is 22.5 Å². The Morgan fingerprint density at radius 2 is 1.73 bits per heavy atom. The van der Waals surface area contributed by atoms with Crippen LogP contribution in [0, 0.1) is 5.82 Å².